The molecule has 2 rings (SSSR count). The molecule has 0 spiro atoms. The minimum atomic E-state index is -0.223. The zero-order chi connectivity index (χ0) is 13.1. The third-order valence-electron chi connectivity index (χ3n) is 2.89. The molecule has 2 aromatic rings. The van der Waals surface area contributed by atoms with Crippen LogP contribution in [0.15, 0.2) is 36.4 Å². The van der Waals surface area contributed by atoms with E-state index in [0.29, 0.717) is 5.02 Å². The van der Waals surface area contributed by atoms with Gasteiger partial charge >= 0.3 is 0 Å². The molecule has 94 valence electrons. The van der Waals surface area contributed by atoms with Gasteiger partial charge in [-0.05, 0) is 48.9 Å². The zero-order valence-electron chi connectivity index (χ0n) is 10.4. The summed E-state index contributed by atoms with van der Waals surface area (Å²) in [6.45, 7) is 2.67. The van der Waals surface area contributed by atoms with Gasteiger partial charge in [-0.2, -0.15) is 0 Å². The predicted octanol–water partition coefficient (Wildman–Crippen LogP) is 4.17. The summed E-state index contributed by atoms with van der Waals surface area (Å²) in [7, 11) is 1.89. The summed E-state index contributed by atoms with van der Waals surface area (Å²) in [4.78, 5) is 0. The van der Waals surface area contributed by atoms with E-state index < -0.39 is 0 Å². The summed E-state index contributed by atoms with van der Waals surface area (Å²) in [5, 5.41) is 3.77. The minimum Gasteiger partial charge on any atom is -0.316 e. The van der Waals surface area contributed by atoms with Crippen molar-refractivity contribution in [3.8, 4) is 11.1 Å². The molecule has 0 heterocycles. The first-order valence-electron chi connectivity index (χ1n) is 5.81. The lowest BCUT2D eigenvalue weighted by molar-refractivity contribution is 0.627. The Kier molecular flexibility index (Phi) is 4.00. The van der Waals surface area contributed by atoms with Crippen molar-refractivity contribution in [2.75, 3.05) is 7.05 Å². The molecule has 0 radical (unpaired) electrons. The average Bonchev–Trinajstić information content (AvgIpc) is 2.31. The highest BCUT2D eigenvalue weighted by Crippen LogP contribution is 2.31. The quantitative estimate of drug-likeness (QED) is 0.876. The van der Waals surface area contributed by atoms with Gasteiger partial charge in [0, 0.05) is 17.1 Å². The fourth-order valence-corrected chi connectivity index (χ4v) is 2.33. The van der Waals surface area contributed by atoms with Crippen molar-refractivity contribution in [2.24, 2.45) is 0 Å². The van der Waals surface area contributed by atoms with Crippen molar-refractivity contribution in [3.63, 3.8) is 0 Å². The van der Waals surface area contributed by atoms with E-state index in [0.717, 1.165) is 28.8 Å². The van der Waals surface area contributed by atoms with E-state index >= 15 is 0 Å². The van der Waals surface area contributed by atoms with Crippen LogP contribution in [0.25, 0.3) is 11.1 Å². The molecule has 0 aliphatic heterocycles. The van der Waals surface area contributed by atoms with E-state index in [-0.39, 0.29) is 5.82 Å². The summed E-state index contributed by atoms with van der Waals surface area (Å²) in [6, 6.07) is 10.7. The topological polar surface area (TPSA) is 12.0 Å². The fourth-order valence-electron chi connectivity index (χ4n) is 2.02. The molecule has 0 aliphatic carbocycles. The van der Waals surface area contributed by atoms with Crippen LogP contribution < -0.4 is 5.32 Å². The van der Waals surface area contributed by atoms with Crippen molar-refractivity contribution in [1.29, 1.82) is 0 Å². The van der Waals surface area contributed by atoms with Crippen molar-refractivity contribution in [1.82, 2.24) is 5.32 Å². The molecule has 0 atom stereocenters. The SMILES string of the molecule is CNCc1ccc(-c2ccc(F)cc2C)c(Cl)c1. The Morgan fingerprint density at radius 1 is 1.11 bits per heavy atom. The van der Waals surface area contributed by atoms with Crippen LogP contribution >= 0.6 is 11.6 Å². The summed E-state index contributed by atoms with van der Waals surface area (Å²) in [5.41, 5.74) is 3.93. The van der Waals surface area contributed by atoms with Crippen LogP contribution in [0.4, 0.5) is 4.39 Å². The molecule has 0 saturated heterocycles. The van der Waals surface area contributed by atoms with Crippen LogP contribution in [-0.2, 0) is 6.54 Å². The van der Waals surface area contributed by atoms with Gasteiger partial charge in [-0.1, -0.05) is 29.8 Å². The molecular formula is C15H15ClFN. The van der Waals surface area contributed by atoms with Gasteiger partial charge in [-0.25, -0.2) is 4.39 Å². The van der Waals surface area contributed by atoms with Gasteiger partial charge in [0.1, 0.15) is 5.82 Å². The van der Waals surface area contributed by atoms with Crippen molar-refractivity contribution in [2.45, 2.75) is 13.5 Å². The van der Waals surface area contributed by atoms with Gasteiger partial charge in [0.25, 0.3) is 0 Å². The van der Waals surface area contributed by atoms with Gasteiger partial charge in [0.15, 0.2) is 0 Å². The largest absolute Gasteiger partial charge is 0.316 e. The van der Waals surface area contributed by atoms with Gasteiger partial charge in [-0.15, -0.1) is 0 Å². The van der Waals surface area contributed by atoms with Crippen molar-refractivity contribution >= 4 is 11.6 Å². The molecule has 3 heteroatoms. The number of nitrogens with one attached hydrogen (secondary N) is 1. The monoisotopic (exact) mass is 263 g/mol. The Labute approximate surface area is 112 Å². The van der Waals surface area contributed by atoms with E-state index in [9.17, 15) is 4.39 Å². The van der Waals surface area contributed by atoms with Gasteiger partial charge < -0.3 is 5.32 Å². The number of hydrogen-bond acceptors (Lipinski definition) is 1. The predicted molar refractivity (Wildman–Crippen MR) is 74.3 cm³/mol. The summed E-state index contributed by atoms with van der Waals surface area (Å²) >= 11 is 6.29. The summed E-state index contributed by atoms with van der Waals surface area (Å²) in [6.07, 6.45) is 0. The summed E-state index contributed by atoms with van der Waals surface area (Å²) < 4.78 is 13.1. The lowest BCUT2D eigenvalue weighted by Crippen LogP contribution is -2.04. The van der Waals surface area contributed by atoms with Crippen molar-refractivity contribution < 1.29 is 4.39 Å². The van der Waals surface area contributed by atoms with Crippen LogP contribution in [0.5, 0.6) is 0 Å². The van der Waals surface area contributed by atoms with Crippen LogP contribution in [0.3, 0.4) is 0 Å². The maximum atomic E-state index is 13.1. The van der Waals surface area contributed by atoms with Gasteiger partial charge in [0.2, 0.25) is 0 Å². The third-order valence-corrected chi connectivity index (χ3v) is 3.21. The highest BCUT2D eigenvalue weighted by atomic mass is 35.5. The number of aryl methyl sites for hydroxylation is 1. The van der Waals surface area contributed by atoms with Crippen LogP contribution in [0.1, 0.15) is 11.1 Å². The molecule has 2 aromatic carbocycles. The van der Waals surface area contributed by atoms with Crippen LogP contribution in [0, 0.1) is 12.7 Å². The second-order valence-corrected chi connectivity index (χ2v) is 4.71. The van der Waals surface area contributed by atoms with Gasteiger partial charge in [-0.3, -0.25) is 0 Å². The Balaban J connectivity index is 2.44. The molecule has 0 bridgehead atoms. The maximum absolute atomic E-state index is 13.1. The van der Waals surface area contributed by atoms with Crippen molar-refractivity contribution in [3.05, 3.63) is 58.4 Å². The molecule has 1 N–H and O–H groups in total. The first kappa shape index (κ1) is 13.1. The summed E-state index contributed by atoms with van der Waals surface area (Å²) in [5.74, 6) is -0.223. The number of rotatable bonds is 3. The smallest absolute Gasteiger partial charge is 0.123 e. The second kappa shape index (κ2) is 5.51. The Morgan fingerprint density at radius 2 is 1.83 bits per heavy atom. The molecule has 0 saturated carbocycles. The number of benzene rings is 2. The number of hydrogen-bond donors (Lipinski definition) is 1. The Bertz CT molecular complexity index is 566. The molecule has 0 amide bonds. The molecule has 1 nitrogen and oxygen atoms in total. The third kappa shape index (κ3) is 2.71. The normalized spacial score (nSPS) is 10.7. The van der Waals surface area contributed by atoms with E-state index in [4.69, 9.17) is 11.6 Å². The highest BCUT2D eigenvalue weighted by molar-refractivity contribution is 6.33. The Morgan fingerprint density at radius 3 is 2.44 bits per heavy atom. The first-order valence-corrected chi connectivity index (χ1v) is 6.19. The molecule has 0 aromatic heterocycles. The first-order chi connectivity index (χ1) is 8.61. The minimum absolute atomic E-state index is 0.223. The van der Waals surface area contributed by atoms with E-state index in [1.54, 1.807) is 6.07 Å². The second-order valence-electron chi connectivity index (χ2n) is 4.30. The standard InChI is InChI=1S/C15H15ClFN/c1-10-7-12(17)4-6-13(10)14-5-3-11(9-18-2)8-15(14)16/h3-8,18H,9H2,1-2H3. The van der Waals surface area contributed by atoms with E-state index in [1.807, 2.05) is 32.2 Å². The molecule has 0 unspecified atom stereocenters. The zero-order valence-corrected chi connectivity index (χ0v) is 11.2. The lowest BCUT2D eigenvalue weighted by atomic mass is 9.99. The molecule has 0 aliphatic rings. The van der Waals surface area contributed by atoms with Crippen LogP contribution in [-0.4, -0.2) is 7.05 Å². The number of halogens is 2. The molecular weight excluding hydrogens is 249 g/mol. The Hall–Kier alpha value is -1.38. The maximum Gasteiger partial charge on any atom is 0.123 e. The highest BCUT2D eigenvalue weighted by Gasteiger charge is 2.08. The van der Waals surface area contributed by atoms with E-state index in [2.05, 4.69) is 5.32 Å². The average molecular weight is 264 g/mol. The molecule has 18 heavy (non-hydrogen) atoms. The fraction of sp³-hybridized carbons (Fsp3) is 0.200. The molecule has 0 fully saturated rings. The van der Waals surface area contributed by atoms with E-state index in [1.165, 1.54) is 12.1 Å². The van der Waals surface area contributed by atoms with Gasteiger partial charge in [0.05, 0.1) is 0 Å². The lowest BCUT2D eigenvalue weighted by Gasteiger charge is -2.10. The van der Waals surface area contributed by atoms with Crippen LogP contribution in [0.2, 0.25) is 5.02 Å².